The quantitative estimate of drug-likeness (QED) is 0.526. The van der Waals surface area contributed by atoms with Crippen molar-refractivity contribution in [2.24, 2.45) is 23.7 Å². The minimum absolute atomic E-state index is 0.0445. The van der Waals surface area contributed by atoms with Crippen molar-refractivity contribution in [3.8, 4) is 0 Å². The Morgan fingerprint density at radius 1 is 1.28 bits per heavy atom. The predicted octanol–water partition coefficient (Wildman–Crippen LogP) is 4.36. The molecule has 0 aromatic heterocycles. The number of rotatable bonds is 6. The Hall–Kier alpha value is -1.88. The second kappa shape index (κ2) is 9.75. The van der Waals surface area contributed by atoms with Gasteiger partial charge >= 0.3 is 11.9 Å². The summed E-state index contributed by atoms with van der Waals surface area (Å²) >= 11 is 0. The van der Waals surface area contributed by atoms with Gasteiger partial charge in [-0.15, -0.1) is 0 Å². The Kier molecular flexibility index (Phi) is 7.87. The van der Waals surface area contributed by atoms with Crippen molar-refractivity contribution in [3.63, 3.8) is 0 Å². The third kappa shape index (κ3) is 5.59. The van der Waals surface area contributed by atoms with E-state index in [4.69, 9.17) is 9.47 Å². The summed E-state index contributed by atoms with van der Waals surface area (Å²) < 4.78 is 11.3. The number of esters is 2. The third-order valence-electron chi connectivity index (χ3n) is 6.48. The summed E-state index contributed by atoms with van der Waals surface area (Å²) in [6.07, 6.45) is 4.67. The van der Waals surface area contributed by atoms with Gasteiger partial charge in [0.15, 0.2) is 0 Å². The van der Waals surface area contributed by atoms with Gasteiger partial charge in [0.2, 0.25) is 0 Å². The van der Waals surface area contributed by atoms with Crippen LogP contribution in [0.5, 0.6) is 0 Å². The maximum absolute atomic E-state index is 11.7. The molecule has 0 amide bonds. The molecule has 5 heteroatoms. The van der Waals surface area contributed by atoms with Crippen LogP contribution in [0.15, 0.2) is 35.5 Å². The van der Waals surface area contributed by atoms with Crippen LogP contribution in [-0.2, 0) is 19.1 Å². The van der Waals surface area contributed by atoms with Crippen LogP contribution in [-0.4, -0.2) is 35.4 Å². The van der Waals surface area contributed by atoms with Crippen molar-refractivity contribution < 1.29 is 24.2 Å². The molecule has 29 heavy (non-hydrogen) atoms. The van der Waals surface area contributed by atoms with E-state index >= 15 is 0 Å². The van der Waals surface area contributed by atoms with Crippen LogP contribution in [0.3, 0.4) is 0 Å². The van der Waals surface area contributed by atoms with E-state index < -0.39 is 12.2 Å². The van der Waals surface area contributed by atoms with Crippen molar-refractivity contribution >= 4 is 11.9 Å². The summed E-state index contributed by atoms with van der Waals surface area (Å²) in [6, 6.07) is 0. The summed E-state index contributed by atoms with van der Waals surface area (Å²) in [6.45, 7) is 15.1. The van der Waals surface area contributed by atoms with Gasteiger partial charge in [0, 0.05) is 26.2 Å². The van der Waals surface area contributed by atoms with E-state index in [2.05, 4.69) is 18.7 Å². The molecular weight excluding hydrogens is 368 g/mol. The maximum atomic E-state index is 11.7. The van der Waals surface area contributed by atoms with Crippen LogP contribution in [0, 0.1) is 23.7 Å². The molecule has 7 unspecified atom stereocenters. The highest BCUT2D eigenvalue weighted by Crippen LogP contribution is 2.48. The van der Waals surface area contributed by atoms with Crippen molar-refractivity contribution in [2.75, 3.05) is 0 Å². The number of ether oxygens (including phenoxy) is 2. The number of allylic oxidation sites excluding steroid dienone is 2. The molecule has 7 atom stereocenters. The lowest BCUT2D eigenvalue weighted by molar-refractivity contribution is -0.152. The molecule has 2 aliphatic carbocycles. The first-order valence-corrected chi connectivity index (χ1v) is 10.5. The Balaban J connectivity index is 2.38. The van der Waals surface area contributed by atoms with Crippen LogP contribution in [0.25, 0.3) is 0 Å². The molecule has 1 fully saturated rings. The van der Waals surface area contributed by atoms with E-state index in [9.17, 15) is 14.7 Å². The average molecular weight is 405 g/mol. The summed E-state index contributed by atoms with van der Waals surface area (Å²) in [4.78, 5) is 23.5. The number of carbonyl (C=O) groups is 2. The second-order valence-electron chi connectivity index (χ2n) is 8.90. The van der Waals surface area contributed by atoms with Gasteiger partial charge in [-0.2, -0.15) is 0 Å². The van der Waals surface area contributed by atoms with Gasteiger partial charge in [0.1, 0.15) is 12.2 Å². The van der Waals surface area contributed by atoms with E-state index in [0.717, 1.165) is 23.1 Å². The minimum Gasteiger partial charge on any atom is -0.462 e. The third-order valence-corrected chi connectivity index (χ3v) is 6.48. The molecule has 162 valence electrons. The fourth-order valence-electron chi connectivity index (χ4n) is 4.91. The second-order valence-corrected chi connectivity index (χ2v) is 8.90. The Labute approximate surface area is 174 Å². The van der Waals surface area contributed by atoms with Crippen LogP contribution < -0.4 is 0 Å². The zero-order valence-corrected chi connectivity index (χ0v) is 18.6. The van der Waals surface area contributed by atoms with Crippen molar-refractivity contribution in [1.82, 2.24) is 0 Å². The number of carbonyl (C=O) groups excluding carboxylic acids is 2. The molecule has 0 saturated heterocycles. The monoisotopic (exact) mass is 404 g/mol. The van der Waals surface area contributed by atoms with Crippen molar-refractivity contribution in [3.05, 3.63) is 35.5 Å². The van der Waals surface area contributed by atoms with Gasteiger partial charge < -0.3 is 14.6 Å². The number of hydrogen-bond acceptors (Lipinski definition) is 5. The van der Waals surface area contributed by atoms with Crippen LogP contribution in [0.4, 0.5) is 0 Å². The lowest BCUT2D eigenvalue weighted by Gasteiger charge is -2.36. The molecule has 0 aromatic rings. The molecule has 0 bridgehead atoms. The summed E-state index contributed by atoms with van der Waals surface area (Å²) in [7, 11) is 0. The zero-order valence-electron chi connectivity index (χ0n) is 18.6. The zero-order chi connectivity index (χ0) is 21.9. The van der Waals surface area contributed by atoms with Crippen LogP contribution in [0.1, 0.15) is 60.8 Å². The number of hydrogen-bond donors (Lipinski definition) is 1. The van der Waals surface area contributed by atoms with E-state index in [1.165, 1.54) is 13.8 Å². The van der Waals surface area contributed by atoms with Crippen molar-refractivity contribution in [1.29, 1.82) is 0 Å². The average Bonchev–Trinajstić information content (AvgIpc) is 2.96. The highest BCUT2D eigenvalue weighted by atomic mass is 16.5. The van der Waals surface area contributed by atoms with Gasteiger partial charge in [-0.05, 0) is 56.9 Å². The van der Waals surface area contributed by atoms with E-state index in [0.29, 0.717) is 12.8 Å². The first-order valence-electron chi connectivity index (χ1n) is 10.5. The lowest BCUT2D eigenvalue weighted by atomic mass is 9.75. The number of fused-ring (bicyclic) bond motifs is 1. The highest BCUT2D eigenvalue weighted by molar-refractivity contribution is 5.66. The Morgan fingerprint density at radius 3 is 2.48 bits per heavy atom. The normalized spacial score (nSPS) is 31.1. The molecule has 2 rings (SSSR count). The highest BCUT2D eigenvalue weighted by Gasteiger charge is 2.47. The molecule has 2 aliphatic rings. The fraction of sp³-hybridized carbons (Fsp3) is 0.667. The van der Waals surface area contributed by atoms with Gasteiger partial charge in [-0.1, -0.05) is 36.8 Å². The molecule has 5 nitrogen and oxygen atoms in total. The number of aliphatic hydroxyl groups excluding tert-OH is 1. The molecule has 0 aliphatic heterocycles. The molecule has 0 spiro atoms. The van der Waals surface area contributed by atoms with E-state index in [-0.39, 0.29) is 41.7 Å². The molecular formula is C24H36O5. The van der Waals surface area contributed by atoms with Gasteiger partial charge in [-0.3, -0.25) is 9.59 Å². The number of aliphatic hydroxyl groups is 1. The SMILES string of the molecule is C=C1C(OC(C)=O)CC(C(C)C(CC=C(C)C)OC(C)=O)C(O)C2C(C)=CCC12. The van der Waals surface area contributed by atoms with Gasteiger partial charge in [0.25, 0.3) is 0 Å². The predicted molar refractivity (Wildman–Crippen MR) is 113 cm³/mol. The molecule has 0 aromatic carbocycles. The lowest BCUT2D eigenvalue weighted by Crippen LogP contribution is -2.40. The smallest absolute Gasteiger partial charge is 0.303 e. The van der Waals surface area contributed by atoms with E-state index in [1.54, 1.807) is 0 Å². The topological polar surface area (TPSA) is 72.8 Å². The molecule has 0 heterocycles. The first-order chi connectivity index (χ1) is 13.5. The largest absolute Gasteiger partial charge is 0.462 e. The fourth-order valence-corrected chi connectivity index (χ4v) is 4.91. The van der Waals surface area contributed by atoms with Gasteiger partial charge in [0.05, 0.1) is 6.10 Å². The van der Waals surface area contributed by atoms with Crippen LogP contribution >= 0.6 is 0 Å². The molecule has 1 N–H and O–H groups in total. The Morgan fingerprint density at radius 2 is 1.93 bits per heavy atom. The summed E-state index contributed by atoms with van der Waals surface area (Å²) in [5.41, 5.74) is 3.18. The first kappa shape index (κ1) is 23.4. The minimum atomic E-state index is -0.615. The standard InChI is InChI=1S/C24H36O5/c1-13(2)8-11-21(28-17(6)25)16(5)20-12-22(29-18(7)26)15(4)19-10-9-14(3)23(19)24(20)27/h8-9,16,19-24,27H,4,10-12H2,1-3,5-7H3. The van der Waals surface area contributed by atoms with Gasteiger partial charge in [-0.25, -0.2) is 0 Å². The van der Waals surface area contributed by atoms with Crippen molar-refractivity contribution in [2.45, 2.75) is 79.1 Å². The Bertz CT molecular complexity index is 700. The van der Waals surface area contributed by atoms with Crippen LogP contribution in [0.2, 0.25) is 0 Å². The summed E-state index contributed by atoms with van der Waals surface area (Å²) in [5.74, 6) is -0.958. The van der Waals surface area contributed by atoms with E-state index in [1.807, 2.05) is 27.7 Å². The molecule has 0 radical (unpaired) electrons. The molecule has 1 saturated carbocycles. The summed E-state index contributed by atoms with van der Waals surface area (Å²) in [5, 5.41) is 11.4. The maximum Gasteiger partial charge on any atom is 0.303 e.